The van der Waals surface area contributed by atoms with Crippen molar-refractivity contribution in [2.45, 2.75) is 32.7 Å². The first-order valence-corrected chi connectivity index (χ1v) is 6.66. The first kappa shape index (κ1) is 15.9. The van der Waals surface area contributed by atoms with Gasteiger partial charge in [0.1, 0.15) is 0 Å². The summed E-state index contributed by atoms with van der Waals surface area (Å²) in [6.45, 7) is 8.26. The van der Waals surface area contributed by atoms with Gasteiger partial charge in [-0.05, 0) is 5.56 Å². The molecule has 0 aliphatic carbocycles. The van der Waals surface area contributed by atoms with Gasteiger partial charge in [-0.3, -0.25) is 0 Å². The molecular formula is C16H24O3. The van der Waals surface area contributed by atoms with E-state index in [-0.39, 0.29) is 11.8 Å². The number of aliphatic hydroxyl groups is 2. The second-order valence-corrected chi connectivity index (χ2v) is 5.05. The SMILES string of the molecule is C=CC(O)C(C)[C@H](O)[C@H](C)COCc1ccccc1. The summed E-state index contributed by atoms with van der Waals surface area (Å²) in [5.41, 5.74) is 1.11. The maximum atomic E-state index is 10.1. The van der Waals surface area contributed by atoms with Crippen molar-refractivity contribution < 1.29 is 14.9 Å². The molecule has 1 aromatic rings. The van der Waals surface area contributed by atoms with Crippen LogP contribution in [0.3, 0.4) is 0 Å². The fourth-order valence-electron chi connectivity index (χ4n) is 1.97. The molecule has 2 unspecified atom stereocenters. The molecule has 0 amide bonds. The van der Waals surface area contributed by atoms with E-state index in [0.717, 1.165) is 5.56 Å². The molecule has 19 heavy (non-hydrogen) atoms. The van der Waals surface area contributed by atoms with Crippen molar-refractivity contribution in [3.63, 3.8) is 0 Å². The lowest BCUT2D eigenvalue weighted by Gasteiger charge is -2.27. The summed E-state index contributed by atoms with van der Waals surface area (Å²) < 4.78 is 5.60. The Morgan fingerprint density at radius 3 is 2.42 bits per heavy atom. The van der Waals surface area contributed by atoms with Crippen LogP contribution in [-0.4, -0.2) is 29.0 Å². The van der Waals surface area contributed by atoms with Crippen LogP contribution in [-0.2, 0) is 11.3 Å². The Hall–Kier alpha value is -1.16. The Labute approximate surface area is 115 Å². The van der Waals surface area contributed by atoms with Crippen LogP contribution in [0.5, 0.6) is 0 Å². The highest BCUT2D eigenvalue weighted by Gasteiger charge is 2.25. The van der Waals surface area contributed by atoms with Gasteiger partial charge in [-0.2, -0.15) is 0 Å². The van der Waals surface area contributed by atoms with Crippen LogP contribution in [0.1, 0.15) is 19.4 Å². The number of ether oxygens (including phenoxy) is 1. The Bertz CT molecular complexity index is 364. The summed E-state index contributed by atoms with van der Waals surface area (Å²) in [4.78, 5) is 0. The predicted octanol–water partition coefficient (Wildman–Crippen LogP) is 2.38. The lowest BCUT2D eigenvalue weighted by atomic mass is 9.90. The van der Waals surface area contributed by atoms with E-state index in [0.29, 0.717) is 13.2 Å². The first-order valence-electron chi connectivity index (χ1n) is 6.66. The van der Waals surface area contributed by atoms with E-state index in [1.165, 1.54) is 6.08 Å². The molecule has 1 rings (SSSR count). The molecule has 0 spiro atoms. The minimum atomic E-state index is -0.688. The molecule has 0 aromatic heterocycles. The molecular weight excluding hydrogens is 240 g/mol. The van der Waals surface area contributed by atoms with Gasteiger partial charge in [0.25, 0.3) is 0 Å². The molecule has 106 valence electrons. The topological polar surface area (TPSA) is 49.7 Å². The van der Waals surface area contributed by atoms with Crippen LogP contribution >= 0.6 is 0 Å². The summed E-state index contributed by atoms with van der Waals surface area (Å²) in [6.07, 6.45) is 0.154. The third-order valence-electron chi connectivity index (χ3n) is 3.39. The Morgan fingerprint density at radius 1 is 1.21 bits per heavy atom. The van der Waals surface area contributed by atoms with Crippen LogP contribution < -0.4 is 0 Å². The largest absolute Gasteiger partial charge is 0.392 e. The van der Waals surface area contributed by atoms with Crippen LogP contribution in [0.25, 0.3) is 0 Å². The highest BCUT2D eigenvalue weighted by atomic mass is 16.5. The van der Waals surface area contributed by atoms with Gasteiger partial charge in [-0.1, -0.05) is 50.3 Å². The minimum absolute atomic E-state index is 0.0340. The van der Waals surface area contributed by atoms with Crippen molar-refractivity contribution >= 4 is 0 Å². The Kier molecular flexibility index (Phi) is 6.78. The average molecular weight is 264 g/mol. The number of aliphatic hydroxyl groups excluding tert-OH is 2. The summed E-state index contributed by atoms with van der Waals surface area (Å²) in [7, 11) is 0. The smallest absolute Gasteiger partial charge is 0.0768 e. The van der Waals surface area contributed by atoms with E-state index in [9.17, 15) is 10.2 Å². The maximum Gasteiger partial charge on any atom is 0.0768 e. The predicted molar refractivity (Wildman–Crippen MR) is 76.6 cm³/mol. The van der Waals surface area contributed by atoms with Crippen molar-refractivity contribution in [2.24, 2.45) is 11.8 Å². The van der Waals surface area contributed by atoms with Gasteiger partial charge in [0.15, 0.2) is 0 Å². The van der Waals surface area contributed by atoms with E-state index in [2.05, 4.69) is 6.58 Å². The van der Waals surface area contributed by atoms with Crippen molar-refractivity contribution in [2.75, 3.05) is 6.61 Å². The zero-order valence-corrected chi connectivity index (χ0v) is 11.7. The monoisotopic (exact) mass is 264 g/mol. The molecule has 3 heteroatoms. The normalized spacial score (nSPS) is 17.5. The van der Waals surface area contributed by atoms with E-state index < -0.39 is 12.2 Å². The molecule has 1 aromatic carbocycles. The number of rotatable bonds is 8. The number of hydrogen-bond acceptors (Lipinski definition) is 3. The van der Waals surface area contributed by atoms with E-state index in [1.807, 2.05) is 44.2 Å². The quantitative estimate of drug-likeness (QED) is 0.709. The molecule has 0 aliphatic rings. The average Bonchev–Trinajstić information content (AvgIpc) is 2.45. The number of benzene rings is 1. The van der Waals surface area contributed by atoms with Gasteiger partial charge in [0.2, 0.25) is 0 Å². The summed E-state index contributed by atoms with van der Waals surface area (Å²) >= 11 is 0. The molecule has 0 bridgehead atoms. The summed E-state index contributed by atoms with van der Waals surface area (Å²) in [5.74, 6) is -0.277. The van der Waals surface area contributed by atoms with Gasteiger partial charge in [-0.15, -0.1) is 6.58 Å². The molecule has 0 saturated carbocycles. The van der Waals surface area contributed by atoms with Gasteiger partial charge in [-0.25, -0.2) is 0 Å². The van der Waals surface area contributed by atoms with Crippen molar-refractivity contribution in [3.05, 3.63) is 48.6 Å². The first-order chi connectivity index (χ1) is 9.06. The molecule has 0 aliphatic heterocycles. The third kappa shape index (κ3) is 5.15. The molecule has 3 nitrogen and oxygen atoms in total. The fourth-order valence-corrected chi connectivity index (χ4v) is 1.97. The standard InChI is InChI=1S/C16H24O3/c1-4-15(17)13(3)16(18)12(2)10-19-11-14-8-6-5-7-9-14/h4-9,12-13,15-18H,1,10-11H2,2-3H3/t12-,13?,15?,16-/m1/s1. The zero-order chi connectivity index (χ0) is 14.3. The second-order valence-electron chi connectivity index (χ2n) is 5.05. The lowest BCUT2D eigenvalue weighted by Crippen LogP contribution is -2.35. The minimum Gasteiger partial charge on any atom is -0.392 e. The third-order valence-corrected chi connectivity index (χ3v) is 3.39. The van der Waals surface area contributed by atoms with E-state index in [4.69, 9.17) is 4.74 Å². The number of hydrogen-bond donors (Lipinski definition) is 2. The van der Waals surface area contributed by atoms with Gasteiger partial charge in [0, 0.05) is 11.8 Å². The molecule has 0 saturated heterocycles. The molecule has 0 heterocycles. The highest BCUT2D eigenvalue weighted by Crippen LogP contribution is 2.18. The van der Waals surface area contributed by atoms with E-state index >= 15 is 0 Å². The molecule has 4 atom stereocenters. The van der Waals surface area contributed by atoms with Crippen molar-refractivity contribution in [1.82, 2.24) is 0 Å². The van der Waals surface area contributed by atoms with Crippen molar-refractivity contribution in [1.29, 1.82) is 0 Å². The molecule has 2 N–H and O–H groups in total. The fraction of sp³-hybridized carbons (Fsp3) is 0.500. The van der Waals surface area contributed by atoms with Crippen LogP contribution in [0, 0.1) is 11.8 Å². The van der Waals surface area contributed by atoms with Crippen molar-refractivity contribution in [3.8, 4) is 0 Å². The second kappa shape index (κ2) is 8.10. The lowest BCUT2D eigenvalue weighted by molar-refractivity contribution is -0.0229. The highest BCUT2D eigenvalue weighted by molar-refractivity contribution is 5.13. The summed E-state index contributed by atoms with van der Waals surface area (Å²) in [5, 5.41) is 19.7. The summed E-state index contributed by atoms with van der Waals surface area (Å²) in [6, 6.07) is 9.92. The van der Waals surface area contributed by atoms with Gasteiger partial charge >= 0.3 is 0 Å². The molecule has 0 radical (unpaired) electrons. The van der Waals surface area contributed by atoms with Gasteiger partial charge < -0.3 is 14.9 Å². The van der Waals surface area contributed by atoms with Crippen LogP contribution in [0.4, 0.5) is 0 Å². The van der Waals surface area contributed by atoms with Crippen LogP contribution in [0.2, 0.25) is 0 Å². The zero-order valence-electron chi connectivity index (χ0n) is 11.7. The van der Waals surface area contributed by atoms with E-state index in [1.54, 1.807) is 0 Å². The maximum absolute atomic E-state index is 10.1. The van der Waals surface area contributed by atoms with Crippen LogP contribution in [0.15, 0.2) is 43.0 Å². The van der Waals surface area contributed by atoms with Gasteiger partial charge in [0.05, 0.1) is 25.4 Å². The molecule has 0 fully saturated rings. The Morgan fingerprint density at radius 2 is 1.84 bits per heavy atom. The Balaban J connectivity index is 2.34.